The summed E-state index contributed by atoms with van der Waals surface area (Å²) >= 11 is 0. The molecule has 6 nitrogen and oxygen atoms in total. The van der Waals surface area contributed by atoms with Gasteiger partial charge in [0.2, 0.25) is 0 Å². The van der Waals surface area contributed by atoms with E-state index in [0.29, 0.717) is 56.6 Å². The number of benzene rings is 8. The number of nitrogens with one attached hydrogen (secondary N) is 2. The highest BCUT2D eigenvalue weighted by molar-refractivity contribution is 6.07. The Morgan fingerprint density at radius 3 is 0.847 bits per heavy atom. The largest absolute Gasteiger partial charge is 0.506 e. The van der Waals surface area contributed by atoms with Gasteiger partial charge in [0.15, 0.2) is 0 Å². The fourth-order valence-corrected chi connectivity index (χ4v) is 7.15. The Hall–Kier alpha value is -9.88. The Morgan fingerprint density at radius 2 is 0.597 bits per heavy atom. The van der Waals surface area contributed by atoms with Crippen LogP contribution in [-0.2, 0) is 12.4 Å². The number of alkyl halides is 6. The third kappa shape index (κ3) is 12.4. The minimum Gasteiger partial charge on any atom is -0.506 e. The van der Waals surface area contributed by atoms with Gasteiger partial charge in [-0.15, -0.1) is 0 Å². The minimum absolute atomic E-state index is 0.116. The van der Waals surface area contributed by atoms with E-state index in [4.69, 9.17) is 0 Å². The molecule has 0 aliphatic carbocycles. The molecule has 0 atom stereocenters. The van der Waals surface area contributed by atoms with Crippen molar-refractivity contribution in [3.63, 3.8) is 0 Å². The molecule has 350 valence electrons. The monoisotopic (exact) mass is 960 g/mol. The van der Waals surface area contributed by atoms with Crippen LogP contribution >= 0.6 is 0 Å². The minimum atomic E-state index is -5.38. The van der Waals surface area contributed by atoms with E-state index >= 15 is 0 Å². The quantitative estimate of drug-likeness (QED) is 0.0785. The topological polar surface area (TPSA) is 98.7 Å². The van der Waals surface area contributed by atoms with Crippen molar-refractivity contribution < 1.29 is 46.1 Å². The molecule has 0 heterocycles. The van der Waals surface area contributed by atoms with Crippen molar-refractivity contribution in [2.45, 2.75) is 12.4 Å². The van der Waals surface area contributed by atoms with Crippen LogP contribution in [0.15, 0.2) is 182 Å². The molecule has 8 rings (SSSR count). The lowest BCUT2D eigenvalue weighted by atomic mass is 9.92. The molecule has 4 N–H and O–H groups in total. The Morgan fingerprint density at radius 1 is 0.347 bits per heavy atom. The van der Waals surface area contributed by atoms with Crippen molar-refractivity contribution in [2.24, 2.45) is 0 Å². The van der Waals surface area contributed by atoms with Gasteiger partial charge < -0.3 is 20.8 Å². The molecule has 0 unspecified atom stereocenters. The number of amides is 2. The number of hydrogen-bond donors (Lipinski definition) is 4. The number of phenolic OH excluding ortho intramolecular Hbond substituents is 2. The van der Waals surface area contributed by atoms with Gasteiger partial charge >= 0.3 is 12.4 Å². The van der Waals surface area contributed by atoms with Crippen LogP contribution in [0.5, 0.6) is 11.5 Å². The maximum atomic E-state index is 15.0. The predicted octanol–water partition coefficient (Wildman–Crippen LogP) is 12.9. The number of rotatable bonds is 5. The summed E-state index contributed by atoms with van der Waals surface area (Å²) in [4.78, 5) is 27.6. The molecule has 0 fully saturated rings. The van der Waals surface area contributed by atoms with Gasteiger partial charge in [-0.1, -0.05) is 120 Å². The first-order valence-corrected chi connectivity index (χ1v) is 21.7. The fourth-order valence-electron chi connectivity index (χ4n) is 7.15. The molecule has 0 aliphatic rings. The van der Waals surface area contributed by atoms with E-state index in [1.165, 1.54) is 24.3 Å². The lowest BCUT2D eigenvalue weighted by molar-refractivity contribution is -0.139. The number of halogens is 6. The number of phenols is 2. The zero-order valence-corrected chi connectivity index (χ0v) is 37.3. The first-order valence-electron chi connectivity index (χ1n) is 21.7. The van der Waals surface area contributed by atoms with Crippen LogP contribution in [0.1, 0.15) is 76.4 Å². The van der Waals surface area contributed by atoms with Gasteiger partial charge in [-0.3, -0.25) is 9.59 Å². The summed E-state index contributed by atoms with van der Waals surface area (Å²) < 4.78 is 89.7. The van der Waals surface area contributed by atoms with Crippen LogP contribution in [0.3, 0.4) is 0 Å². The predicted molar refractivity (Wildman–Crippen MR) is 264 cm³/mol. The zero-order chi connectivity index (χ0) is 50.8. The molecular weight excluding hydrogens is 927 g/mol. The first-order chi connectivity index (χ1) is 34.6. The summed E-state index contributed by atoms with van der Waals surface area (Å²) in [5.74, 6) is 19.6. The zero-order valence-electron chi connectivity index (χ0n) is 37.3. The van der Waals surface area contributed by atoms with Crippen LogP contribution in [0, 0.1) is 47.4 Å². The van der Waals surface area contributed by atoms with Gasteiger partial charge in [-0.2, -0.15) is 26.3 Å². The van der Waals surface area contributed by atoms with Crippen molar-refractivity contribution in [1.29, 1.82) is 0 Å². The van der Waals surface area contributed by atoms with E-state index in [1.54, 1.807) is 109 Å². The molecule has 0 saturated heterocycles. The van der Waals surface area contributed by atoms with Crippen LogP contribution in [0.25, 0.3) is 11.1 Å². The maximum Gasteiger partial charge on any atom is 0.417 e. The van der Waals surface area contributed by atoms with E-state index in [-0.39, 0.29) is 23.3 Å². The van der Waals surface area contributed by atoms with Gasteiger partial charge in [-0.05, 0) is 120 Å². The van der Waals surface area contributed by atoms with Gasteiger partial charge in [0, 0.05) is 55.6 Å². The average molecular weight is 961 g/mol. The second kappa shape index (κ2) is 21.2. The summed E-state index contributed by atoms with van der Waals surface area (Å²) in [6.07, 6.45) is -10.8. The normalized spacial score (nSPS) is 10.7. The molecule has 0 aliphatic heterocycles. The summed E-state index contributed by atoms with van der Waals surface area (Å²) in [5.41, 5.74) is -3.72. The molecule has 12 heteroatoms. The van der Waals surface area contributed by atoms with E-state index in [9.17, 15) is 46.1 Å². The summed E-state index contributed by atoms with van der Waals surface area (Å²) in [5, 5.41) is 26.8. The standard InChI is InChI=1S/C60H34F6N2O4/c61-59(62,63)51-37-53(67-57(71)47-31-43(25-21-39-13-5-1-6-14-39)29-44(32-47)26-22-40-15-7-2-8-16-40)55(69)35-49(51)50-36-56(70)54(38-52(50)60(64,65)66)68-58(72)48-33-45(27-23-41-17-9-3-10-18-41)30-46(34-48)28-24-42-19-11-4-12-20-42/h1-20,29-38,69-70H,(H,67,71)(H,68,72). The summed E-state index contributed by atoms with van der Waals surface area (Å²) in [7, 11) is 0. The fraction of sp³-hybridized carbons (Fsp3) is 0.0333. The van der Waals surface area contributed by atoms with Gasteiger partial charge in [0.05, 0.1) is 22.5 Å². The second-order valence-corrected chi connectivity index (χ2v) is 15.8. The molecule has 0 radical (unpaired) electrons. The van der Waals surface area contributed by atoms with Crippen molar-refractivity contribution >= 4 is 23.2 Å². The second-order valence-electron chi connectivity index (χ2n) is 15.8. The van der Waals surface area contributed by atoms with Gasteiger partial charge in [-0.25, -0.2) is 0 Å². The average Bonchev–Trinajstić information content (AvgIpc) is 3.37. The Kier molecular flexibility index (Phi) is 14.3. The van der Waals surface area contributed by atoms with Crippen LogP contribution in [-0.4, -0.2) is 22.0 Å². The summed E-state index contributed by atoms with van der Waals surface area (Å²) in [6, 6.07) is 45.7. The molecule has 0 spiro atoms. The molecule has 0 bridgehead atoms. The molecule has 72 heavy (non-hydrogen) atoms. The van der Waals surface area contributed by atoms with Crippen LogP contribution in [0.4, 0.5) is 37.7 Å². The Labute approximate surface area is 409 Å². The highest BCUT2D eigenvalue weighted by atomic mass is 19.4. The van der Waals surface area contributed by atoms with E-state index in [1.807, 2.05) is 24.3 Å². The lowest BCUT2D eigenvalue weighted by Crippen LogP contribution is -2.16. The number of aromatic hydroxyl groups is 2. The van der Waals surface area contributed by atoms with Crippen molar-refractivity contribution in [3.8, 4) is 70.0 Å². The Bertz CT molecular complexity index is 3230. The number of carbonyl (C=O) groups is 2. The van der Waals surface area contributed by atoms with Gasteiger partial charge in [0.1, 0.15) is 11.5 Å². The highest BCUT2D eigenvalue weighted by Crippen LogP contribution is 2.48. The summed E-state index contributed by atoms with van der Waals surface area (Å²) in [6.45, 7) is 0. The third-order valence-electron chi connectivity index (χ3n) is 10.6. The van der Waals surface area contributed by atoms with E-state index in [0.717, 1.165) is 0 Å². The SMILES string of the molecule is O=C(Nc1cc(C(F)(F)F)c(-c2cc(O)c(NC(=O)c3cc(C#Cc4ccccc4)cc(C#Cc4ccccc4)c3)cc2C(F)(F)F)cc1O)c1cc(C#Cc2ccccc2)cc(C#Cc2ccccc2)c1. The number of hydrogen-bond acceptors (Lipinski definition) is 4. The molecule has 2 amide bonds. The number of anilines is 2. The molecule has 0 aromatic heterocycles. The van der Waals surface area contributed by atoms with Crippen LogP contribution in [0.2, 0.25) is 0 Å². The highest BCUT2D eigenvalue weighted by Gasteiger charge is 2.40. The van der Waals surface area contributed by atoms with Crippen molar-refractivity contribution in [2.75, 3.05) is 10.6 Å². The molecule has 8 aromatic rings. The maximum absolute atomic E-state index is 15.0. The molecule has 0 saturated carbocycles. The van der Waals surface area contributed by atoms with Crippen molar-refractivity contribution in [1.82, 2.24) is 0 Å². The number of carbonyl (C=O) groups excluding carboxylic acids is 2. The van der Waals surface area contributed by atoms with Crippen molar-refractivity contribution in [3.05, 3.63) is 249 Å². The molecule has 8 aromatic carbocycles. The van der Waals surface area contributed by atoms with Gasteiger partial charge in [0.25, 0.3) is 11.8 Å². The first kappa shape index (κ1) is 48.6. The van der Waals surface area contributed by atoms with Crippen LogP contribution < -0.4 is 10.6 Å². The van der Waals surface area contributed by atoms with E-state index < -0.39 is 69.3 Å². The third-order valence-corrected chi connectivity index (χ3v) is 10.6. The van der Waals surface area contributed by atoms with E-state index in [2.05, 4.69) is 58.0 Å². The lowest BCUT2D eigenvalue weighted by Gasteiger charge is -2.21. The smallest absolute Gasteiger partial charge is 0.417 e. The molecular formula is C60H34F6N2O4. The Balaban J connectivity index is 1.13.